The Kier molecular flexibility index (Phi) is 4.87. The van der Waals surface area contributed by atoms with Gasteiger partial charge in [-0.15, -0.1) is 11.3 Å². The maximum atomic E-state index is 13.3. The van der Waals surface area contributed by atoms with Gasteiger partial charge < -0.3 is 0 Å². The third-order valence-electron chi connectivity index (χ3n) is 3.53. The average Bonchev–Trinajstić information content (AvgIpc) is 3.05. The van der Waals surface area contributed by atoms with Crippen molar-refractivity contribution in [3.8, 4) is 11.3 Å². The van der Waals surface area contributed by atoms with E-state index in [1.54, 1.807) is 29.5 Å². The second-order valence-corrected chi connectivity index (χ2v) is 8.44. The van der Waals surface area contributed by atoms with Crippen LogP contribution in [0.5, 0.6) is 0 Å². The highest BCUT2D eigenvalue weighted by molar-refractivity contribution is 7.92. The molecule has 7 heteroatoms. The first-order valence-electron chi connectivity index (χ1n) is 7.69. The zero-order valence-electron chi connectivity index (χ0n) is 13.7. The van der Waals surface area contributed by atoms with E-state index in [-0.39, 0.29) is 4.90 Å². The summed E-state index contributed by atoms with van der Waals surface area (Å²) in [5, 5.41) is 2.98. The topological polar surface area (TPSA) is 59.1 Å². The molecule has 0 spiro atoms. The molecule has 0 bridgehead atoms. The van der Waals surface area contributed by atoms with Crippen LogP contribution in [-0.2, 0) is 10.0 Å². The smallest absolute Gasteiger partial charge is 0.261 e. The van der Waals surface area contributed by atoms with E-state index >= 15 is 0 Å². The molecule has 0 aliphatic carbocycles. The molecule has 0 radical (unpaired) electrons. The zero-order valence-corrected chi connectivity index (χ0v) is 15.4. The van der Waals surface area contributed by atoms with Gasteiger partial charge in [0.05, 0.1) is 15.6 Å². The van der Waals surface area contributed by atoms with Gasteiger partial charge in [0.2, 0.25) is 0 Å². The molecule has 0 aliphatic rings. The van der Waals surface area contributed by atoms with Crippen molar-refractivity contribution < 1.29 is 12.8 Å². The summed E-state index contributed by atoms with van der Waals surface area (Å²) in [6.45, 7) is 4.15. The first-order valence-corrected chi connectivity index (χ1v) is 10.1. The van der Waals surface area contributed by atoms with Gasteiger partial charge in [0.15, 0.2) is 0 Å². The molecule has 4 nitrogen and oxygen atoms in total. The van der Waals surface area contributed by atoms with Gasteiger partial charge >= 0.3 is 0 Å². The van der Waals surface area contributed by atoms with Crippen LogP contribution in [0.4, 0.5) is 10.1 Å². The van der Waals surface area contributed by atoms with E-state index in [4.69, 9.17) is 0 Å². The number of nitrogens with one attached hydrogen (secondary N) is 1. The Hall–Kier alpha value is -2.25. The van der Waals surface area contributed by atoms with Crippen LogP contribution >= 0.6 is 11.3 Å². The zero-order chi connectivity index (χ0) is 18.0. The van der Waals surface area contributed by atoms with Crippen LogP contribution in [0, 0.1) is 5.82 Å². The molecule has 0 amide bonds. The van der Waals surface area contributed by atoms with Crippen molar-refractivity contribution in [3.05, 3.63) is 64.7 Å². The van der Waals surface area contributed by atoms with Crippen LogP contribution in [0.1, 0.15) is 24.8 Å². The Bertz CT molecular complexity index is 998. The Morgan fingerprint density at radius 3 is 2.56 bits per heavy atom. The van der Waals surface area contributed by atoms with Crippen LogP contribution in [0.15, 0.2) is 58.8 Å². The molecule has 0 fully saturated rings. The minimum atomic E-state index is -3.85. The van der Waals surface area contributed by atoms with E-state index < -0.39 is 15.8 Å². The first-order chi connectivity index (χ1) is 11.8. The van der Waals surface area contributed by atoms with E-state index in [2.05, 4.69) is 23.6 Å². The highest BCUT2D eigenvalue weighted by Crippen LogP contribution is 2.28. The van der Waals surface area contributed by atoms with Crippen molar-refractivity contribution in [2.24, 2.45) is 0 Å². The third-order valence-corrected chi connectivity index (χ3v) is 6.06. The van der Waals surface area contributed by atoms with Crippen molar-refractivity contribution in [1.29, 1.82) is 0 Å². The van der Waals surface area contributed by atoms with Crippen molar-refractivity contribution in [2.45, 2.75) is 24.7 Å². The average molecular weight is 376 g/mol. The number of anilines is 1. The molecule has 25 heavy (non-hydrogen) atoms. The number of halogens is 1. The lowest BCUT2D eigenvalue weighted by Gasteiger charge is -2.09. The molecule has 1 heterocycles. The molecule has 2 aromatic carbocycles. The summed E-state index contributed by atoms with van der Waals surface area (Å²) in [6, 6.07) is 11.9. The lowest BCUT2D eigenvalue weighted by atomic mass is 10.1. The normalized spacial score (nSPS) is 11.7. The summed E-state index contributed by atoms with van der Waals surface area (Å²) < 4.78 is 40.6. The largest absolute Gasteiger partial charge is 0.280 e. The molecule has 0 unspecified atom stereocenters. The van der Waals surface area contributed by atoms with Crippen LogP contribution in [-0.4, -0.2) is 13.4 Å². The second-order valence-electron chi connectivity index (χ2n) is 5.87. The summed E-state index contributed by atoms with van der Waals surface area (Å²) >= 11 is 1.58. The maximum Gasteiger partial charge on any atom is 0.261 e. The van der Waals surface area contributed by atoms with Crippen LogP contribution in [0.3, 0.4) is 0 Å². The van der Waals surface area contributed by atoms with Crippen LogP contribution < -0.4 is 4.72 Å². The summed E-state index contributed by atoms with van der Waals surface area (Å²) in [6.07, 6.45) is 0. The first kappa shape index (κ1) is 17.6. The van der Waals surface area contributed by atoms with E-state index in [1.165, 1.54) is 18.2 Å². The fourth-order valence-corrected chi connectivity index (χ4v) is 4.20. The van der Waals surface area contributed by atoms with Gasteiger partial charge in [-0.1, -0.05) is 32.0 Å². The highest BCUT2D eigenvalue weighted by Gasteiger charge is 2.15. The van der Waals surface area contributed by atoms with Crippen molar-refractivity contribution in [2.75, 3.05) is 4.72 Å². The van der Waals surface area contributed by atoms with E-state index in [9.17, 15) is 12.8 Å². The number of aromatic nitrogens is 1. The lowest BCUT2D eigenvalue weighted by molar-refractivity contribution is 0.595. The lowest BCUT2D eigenvalue weighted by Crippen LogP contribution is -2.13. The number of thiazole rings is 1. The van der Waals surface area contributed by atoms with Crippen molar-refractivity contribution in [3.63, 3.8) is 0 Å². The molecule has 130 valence electrons. The number of sulfonamides is 1. The number of nitrogens with zero attached hydrogens (tertiary/aromatic N) is 1. The predicted molar refractivity (Wildman–Crippen MR) is 98.8 cm³/mol. The SMILES string of the molecule is CC(C)c1nc(-c2cccc(NS(=O)(=O)c3cccc(F)c3)c2)cs1. The Labute approximate surface area is 150 Å². The molecule has 0 saturated heterocycles. The van der Waals surface area contributed by atoms with E-state index in [0.29, 0.717) is 11.6 Å². The fourth-order valence-electron chi connectivity index (χ4n) is 2.28. The van der Waals surface area contributed by atoms with Crippen LogP contribution in [0.25, 0.3) is 11.3 Å². The number of benzene rings is 2. The summed E-state index contributed by atoms with van der Waals surface area (Å²) in [5.74, 6) is -0.256. The van der Waals surface area contributed by atoms with Gasteiger partial charge in [0.25, 0.3) is 10.0 Å². The minimum Gasteiger partial charge on any atom is -0.280 e. The molecule has 0 saturated carbocycles. The fraction of sp³-hybridized carbons (Fsp3) is 0.167. The summed E-state index contributed by atoms with van der Waals surface area (Å²) in [4.78, 5) is 4.46. The van der Waals surface area contributed by atoms with Gasteiger partial charge in [0, 0.05) is 22.5 Å². The predicted octanol–water partition coefficient (Wildman–Crippen LogP) is 4.87. The number of hydrogen-bond acceptors (Lipinski definition) is 4. The molecule has 1 N–H and O–H groups in total. The molecule has 1 aromatic heterocycles. The Morgan fingerprint density at radius 1 is 1.12 bits per heavy atom. The summed E-state index contributed by atoms with van der Waals surface area (Å²) in [5.41, 5.74) is 2.03. The maximum absolute atomic E-state index is 13.3. The second kappa shape index (κ2) is 6.93. The Balaban J connectivity index is 1.89. The minimum absolute atomic E-state index is 0.117. The standard InChI is InChI=1S/C18H17FN2O2S2/c1-12(2)18-20-17(11-24-18)13-5-3-7-15(9-13)21-25(22,23)16-8-4-6-14(19)10-16/h3-12,21H,1-2H3. The number of hydrogen-bond donors (Lipinski definition) is 1. The van der Waals surface area contributed by atoms with E-state index in [0.717, 1.165) is 22.3 Å². The molecule has 0 aliphatic heterocycles. The quantitative estimate of drug-likeness (QED) is 0.691. The van der Waals surface area contributed by atoms with Gasteiger partial charge in [0.1, 0.15) is 5.82 Å². The summed E-state index contributed by atoms with van der Waals surface area (Å²) in [7, 11) is -3.85. The van der Waals surface area contributed by atoms with Crippen molar-refractivity contribution >= 4 is 27.0 Å². The molecular weight excluding hydrogens is 359 g/mol. The van der Waals surface area contributed by atoms with Gasteiger partial charge in [-0.25, -0.2) is 17.8 Å². The third kappa shape index (κ3) is 4.05. The van der Waals surface area contributed by atoms with E-state index in [1.807, 2.05) is 11.4 Å². The van der Waals surface area contributed by atoms with Gasteiger partial charge in [-0.2, -0.15) is 0 Å². The van der Waals surface area contributed by atoms with Gasteiger partial charge in [-0.3, -0.25) is 4.72 Å². The highest BCUT2D eigenvalue weighted by atomic mass is 32.2. The van der Waals surface area contributed by atoms with Crippen molar-refractivity contribution in [1.82, 2.24) is 4.98 Å². The molecule has 3 aromatic rings. The molecule has 0 atom stereocenters. The van der Waals surface area contributed by atoms with Gasteiger partial charge in [-0.05, 0) is 30.3 Å². The monoisotopic (exact) mass is 376 g/mol. The Morgan fingerprint density at radius 2 is 1.88 bits per heavy atom. The molecular formula is C18H17FN2O2S2. The number of rotatable bonds is 5. The molecule has 3 rings (SSSR count). The van der Waals surface area contributed by atoms with Crippen LogP contribution in [0.2, 0.25) is 0 Å².